The lowest BCUT2D eigenvalue weighted by Gasteiger charge is -1.99. The molecule has 2 aromatic carbocycles. The second-order valence-corrected chi connectivity index (χ2v) is 4.17. The summed E-state index contributed by atoms with van der Waals surface area (Å²) < 4.78 is 9.56. The number of rotatable bonds is 3. The Kier molecular flexibility index (Phi) is 7.29. The molecule has 0 bridgehead atoms. The van der Waals surface area contributed by atoms with Crippen molar-refractivity contribution in [1.29, 1.82) is 0 Å². The van der Waals surface area contributed by atoms with Gasteiger partial charge >= 0.3 is 11.9 Å². The van der Waals surface area contributed by atoms with Crippen LogP contribution in [-0.2, 0) is 20.9 Å². The molecule has 0 aliphatic heterocycles. The predicted octanol–water partition coefficient (Wildman–Crippen LogP) is 3.36. The topological polar surface area (TPSA) is 52.6 Å². The van der Waals surface area contributed by atoms with Crippen LogP contribution in [0, 0.1) is 0 Å². The molecule has 0 aliphatic rings. The number of para-hydroxylation sites is 1. The van der Waals surface area contributed by atoms with Crippen molar-refractivity contribution in [3.8, 4) is 5.75 Å². The van der Waals surface area contributed by atoms with Gasteiger partial charge in [-0.05, 0) is 17.7 Å². The first kappa shape index (κ1) is 16.4. The van der Waals surface area contributed by atoms with E-state index in [0.717, 1.165) is 5.56 Å². The molecule has 2 rings (SSSR count). The second-order valence-electron chi connectivity index (χ2n) is 4.17. The number of esters is 2. The number of hydrogen-bond acceptors (Lipinski definition) is 4. The van der Waals surface area contributed by atoms with Gasteiger partial charge < -0.3 is 9.47 Å². The lowest BCUT2D eigenvalue weighted by molar-refractivity contribution is -0.142. The van der Waals surface area contributed by atoms with Crippen LogP contribution in [0.1, 0.15) is 19.4 Å². The molecule has 0 heterocycles. The van der Waals surface area contributed by atoms with Crippen LogP contribution in [0.2, 0.25) is 0 Å². The maximum absolute atomic E-state index is 10.4. The molecule has 0 atom stereocenters. The van der Waals surface area contributed by atoms with Crippen molar-refractivity contribution in [2.75, 3.05) is 0 Å². The van der Waals surface area contributed by atoms with E-state index < -0.39 is 0 Å². The average molecular weight is 286 g/mol. The van der Waals surface area contributed by atoms with Gasteiger partial charge in [-0.2, -0.15) is 0 Å². The van der Waals surface area contributed by atoms with Crippen LogP contribution in [-0.4, -0.2) is 11.9 Å². The van der Waals surface area contributed by atoms with Gasteiger partial charge in [0.15, 0.2) is 0 Å². The molecule has 4 nitrogen and oxygen atoms in total. The Morgan fingerprint density at radius 3 is 1.81 bits per heavy atom. The van der Waals surface area contributed by atoms with Crippen LogP contribution in [0.15, 0.2) is 60.7 Å². The summed E-state index contributed by atoms with van der Waals surface area (Å²) in [6, 6.07) is 18.6. The first-order valence-electron chi connectivity index (χ1n) is 6.48. The predicted molar refractivity (Wildman–Crippen MR) is 79.7 cm³/mol. The largest absolute Gasteiger partial charge is 0.461 e. The van der Waals surface area contributed by atoms with Gasteiger partial charge in [-0.1, -0.05) is 48.5 Å². The lowest BCUT2D eigenvalue weighted by Crippen LogP contribution is -2.00. The van der Waals surface area contributed by atoms with Crippen molar-refractivity contribution >= 4 is 11.9 Å². The number of hydrogen-bond donors (Lipinski definition) is 0. The number of ether oxygens (including phenoxy) is 2. The highest BCUT2D eigenvalue weighted by Gasteiger charge is 1.93. The van der Waals surface area contributed by atoms with Crippen LogP contribution in [0.5, 0.6) is 5.75 Å². The molecule has 0 saturated heterocycles. The summed E-state index contributed by atoms with van der Waals surface area (Å²) in [5.41, 5.74) is 1.02. The van der Waals surface area contributed by atoms with Gasteiger partial charge in [0, 0.05) is 13.8 Å². The smallest absolute Gasteiger partial charge is 0.308 e. The van der Waals surface area contributed by atoms with Crippen LogP contribution in [0.25, 0.3) is 0 Å². The van der Waals surface area contributed by atoms with Gasteiger partial charge in [0.2, 0.25) is 0 Å². The zero-order valence-corrected chi connectivity index (χ0v) is 12.1. The van der Waals surface area contributed by atoms with E-state index in [1.165, 1.54) is 13.8 Å². The van der Waals surface area contributed by atoms with Crippen molar-refractivity contribution < 1.29 is 19.1 Å². The number of carbonyl (C=O) groups is 2. The number of benzene rings is 2. The summed E-state index contributed by atoms with van der Waals surface area (Å²) >= 11 is 0. The Hall–Kier alpha value is -2.62. The van der Waals surface area contributed by atoms with Crippen molar-refractivity contribution in [2.24, 2.45) is 0 Å². The number of carbonyl (C=O) groups excluding carboxylic acids is 2. The Bertz CT molecular complexity index is 550. The van der Waals surface area contributed by atoms with Gasteiger partial charge in [0.25, 0.3) is 0 Å². The Morgan fingerprint density at radius 2 is 1.33 bits per heavy atom. The third kappa shape index (κ3) is 8.21. The van der Waals surface area contributed by atoms with Crippen LogP contribution in [0.3, 0.4) is 0 Å². The summed E-state index contributed by atoms with van der Waals surface area (Å²) in [7, 11) is 0. The minimum absolute atomic E-state index is 0.242. The second kappa shape index (κ2) is 9.31. The molecule has 0 aliphatic carbocycles. The molecule has 4 heteroatoms. The molecule has 0 saturated carbocycles. The molecule has 0 fully saturated rings. The maximum Gasteiger partial charge on any atom is 0.308 e. The van der Waals surface area contributed by atoms with E-state index in [1.54, 1.807) is 12.1 Å². The molecular weight excluding hydrogens is 268 g/mol. The summed E-state index contributed by atoms with van der Waals surface area (Å²) in [6.45, 7) is 3.16. The fourth-order valence-corrected chi connectivity index (χ4v) is 1.41. The summed E-state index contributed by atoms with van der Waals surface area (Å²) in [5, 5.41) is 0. The van der Waals surface area contributed by atoms with Gasteiger partial charge in [-0.25, -0.2) is 0 Å². The van der Waals surface area contributed by atoms with Gasteiger partial charge in [-0.3, -0.25) is 9.59 Å². The zero-order valence-electron chi connectivity index (χ0n) is 12.1. The van der Waals surface area contributed by atoms with E-state index in [4.69, 9.17) is 9.47 Å². The Balaban J connectivity index is 0.000000211. The molecule has 2 aromatic rings. The fourth-order valence-electron chi connectivity index (χ4n) is 1.41. The minimum atomic E-state index is -0.286. The van der Waals surface area contributed by atoms with E-state index in [-0.39, 0.29) is 11.9 Å². The van der Waals surface area contributed by atoms with Crippen molar-refractivity contribution in [2.45, 2.75) is 20.5 Å². The monoisotopic (exact) mass is 286 g/mol. The van der Waals surface area contributed by atoms with Crippen molar-refractivity contribution in [3.05, 3.63) is 66.2 Å². The minimum Gasteiger partial charge on any atom is -0.461 e. The highest BCUT2D eigenvalue weighted by atomic mass is 16.5. The summed E-state index contributed by atoms with van der Waals surface area (Å²) in [6.07, 6.45) is 0. The molecule has 0 aromatic heterocycles. The van der Waals surface area contributed by atoms with E-state index >= 15 is 0 Å². The van der Waals surface area contributed by atoms with E-state index in [9.17, 15) is 9.59 Å². The highest BCUT2D eigenvalue weighted by molar-refractivity contribution is 5.69. The normalized spacial score (nSPS) is 9.05. The molecule has 0 amide bonds. The molecule has 21 heavy (non-hydrogen) atoms. The van der Waals surface area contributed by atoms with Crippen LogP contribution in [0.4, 0.5) is 0 Å². The standard InChI is InChI=1S/C9H10O2.C8H8O2/c1-8(10)11-7-9-5-3-2-4-6-9;1-7(9)10-8-5-3-2-4-6-8/h2-6H,7H2,1H3;2-6H,1H3. The maximum atomic E-state index is 10.4. The molecule has 0 N–H and O–H groups in total. The third-order valence-corrected chi connectivity index (χ3v) is 2.29. The van der Waals surface area contributed by atoms with Crippen LogP contribution < -0.4 is 4.74 Å². The SMILES string of the molecule is CC(=O)OCc1ccccc1.CC(=O)Oc1ccccc1. The highest BCUT2D eigenvalue weighted by Crippen LogP contribution is 2.07. The summed E-state index contributed by atoms with van der Waals surface area (Å²) in [4.78, 5) is 20.8. The molecular formula is C17H18O4. The Labute approximate surface area is 124 Å². The molecule has 0 unspecified atom stereocenters. The van der Waals surface area contributed by atoms with E-state index in [2.05, 4.69) is 0 Å². The van der Waals surface area contributed by atoms with Crippen molar-refractivity contribution in [1.82, 2.24) is 0 Å². The van der Waals surface area contributed by atoms with E-state index in [0.29, 0.717) is 12.4 Å². The Morgan fingerprint density at radius 1 is 0.810 bits per heavy atom. The van der Waals surface area contributed by atoms with Gasteiger partial charge in [-0.15, -0.1) is 0 Å². The quantitative estimate of drug-likeness (QED) is 0.641. The lowest BCUT2D eigenvalue weighted by atomic mass is 10.2. The van der Waals surface area contributed by atoms with Gasteiger partial charge in [0.05, 0.1) is 0 Å². The zero-order chi connectivity index (χ0) is 15.5. The summed E-state index contributed by atoms with van der Waals surface area (Å²) in [5.74, 6) is 0.0649. The third-order valence-electron chi connectivity index (χ3n) is 2.29. The molecule has 0 radical (unpaired) electrons. The molecule has 110 valence electrons. The molecule has 0 spiro atoms. The van der Waals surface area contributed by atoms with Gasteiger partial charge in [0.1, 0.15) is 12.4 Å². The van der Waals surface area contributed by atoms with E-state index in [1.807, 2.05) is 48.5 Å². The van der Waals surface area contributed by atoms with Crippen LogP contribution >= 0.6 is 0 Å². The first-order valence-corrected chi connectivity index (χ1v) is 6.48. The fraction of sp³-hybridized carbons (Fsp3) is 0.176. The average Bonchev–Trinajstić information content (AvgIpc) is 2.47. The van der Waals surface area contributed by atoms with Crippen molar-refractivity contribution in [3.63, 3.8) is 0 Å². The first-order chi connectivity index (χ1) is 10.1.